The van der Waals surface area contributed by atoms with Crippen molar-refractivity contribution in [2.45, 2.75) is 12.8 Å². The van der Waals surface area contributed by atoms with E-state index in [4.69, 9.17) is 4.74 Å². The minimum atomic E-state index is 0.833. The Kier molecular flexibility index (Phi) is 5.25. The monoisotopic (exact) mass is 197 g/mol. The van der Waals surface area contributed by atoms with E-state index in [9.17, 15) is 0 Å². The number of aromatic nitrogens is 2. The number of nitrogens with one attached hydrogen (secondary N) is 1. The van der Waals surface area contributed by atoms with Crippen molar-refractivity contribution in [3.05, 3.63) is 18.0 Å². The normalized spacial score (nSPS) is 10.7. The van der Waals surface area contributed by atoms with Crippen LogP contribution < -0.4 is 5.32 Å². The molecule has 1 aromatic heterocycles. The van der Waals surface area contributed by atoms with Gasteiger partial charge in [0.25, 0.3) is 0 Å². The molecule has 0 aromatic carbocycles. The van der Waals surface area contributed by atoms with Crippen LogP contribution in [0.15, 0.2) is 12.4 Å². The molecule has 0 fully saturated rings. The van der Waals surface area contributed by atoms with Gasteiger partial charge in [-0.15, -0.1) is 0 Å². The van der Waals surface area contributed by atoms with Gasteiger partial charge in [0.05, 0.1) is 6.20 Å². The van der Waals surface area contributed by atoms with Crippen LogP contribution in [0, 0.1) is 0 Å². The third-order valence-electron chi connectivity index (χ3n) is 2.05. The highest BCUT2D eigenvalue weighted by atomic mass is 16.5. The van der Waals surface area contributed by atoms with Gasteiger partial charge in [0.2, 0.25) is 0 Å². The van der Waals surface area contributed by atoms with Crippen molar-refractivity contribution >= 4 is 0 Å². The molecule has 0 saturated carbocycles. The van der Waals surface area contributed by atoms with E-state index in [1.165, 1.54) is 5.56 Å². The van der Waals surface area contributed by atoms with E-state index in [2.05, 4.69) is 16.6 Å². The van der Waals surface area contributed by atoms with Crippen LogP contribution in [0.5, 0.6) is 0 Å². The lowest BCUT2D eigenvalue weighted by molar-refractivity contribution is 0.194. The van der Waals surface area contributed by atoms with Crippen molar-refractivity contribution in [2.75, 3.05) is 26.8 Å². The molecule has 0 radical (unpaired) electrons. The molecule has 1 N–H and O–H groups in total. The highest BCUT2D eigenvalue weighted by molar-refractivity contribution is 5.03. The molecule has 1 rings (SSSR count). The maximum Gasteiger partial charge on any atom is 0.0522 e. The van der Waals surface area contributed by atoms with Crippen molar-refractivity contribution in [3.8, 4) is 0 Å². The molecule has 4 heteroatoms. The van der Waals surface area contributed by atoms with Gasteiger partial charge in [-0.2, -0.15) is 5.10 Å². The summed E-state index contributed by atoms with van der Waals surface area (Å²) in [6, 6.07) is 0. The van der Waals surface area contributed by atoms with Crippen molar-refractivity contribution in [3.63, 3.8) is 0 Å². The van der Waals surface area contributed by atoms with E-state index >= 15 is 0 Å². The van der Waals surface area contributed by atoms with E-state index in [-0.39, 0.29) is 0 Å². The van der Waals surface area contributed by atoms with Crippen molar-refractivity contribution in [1.29, 1.82) is 0 Å². The summed E-state index contributed by atoms with van der Waals surface area (Å²) in [5, 5.41) is 7.47. The third kappa shape index (κ3) is 4.39. The fourth-order valence-corrected chi connectivity index (χ4v) is 1.30. The van der Waals surface area contributed by atoms with Crippen LogP contribution >= 0.6 is 0 Å². The van der Waals surface area contributed by atoms with Gasteiger partial charge in [-0.25, -0.2) is 0 Å². The van der Waals surface area contributed by atoms with E-state index in [0.29, 0.717) is 0 Å². The minimum absolute atomic E-state index is 0.833. The number of hydrogen-bond donors (Lipinski definition) is 1. The molecule has 0 aliphatic rings. The van der Waals surface area contributed by atoms with Crippen LogP contribution in [0.2, 0.25) is 0 Å². The molecule has 0 spiro atoms. The summed E-state index contributed by atoms with van der Waals surface area (Å²) >= 11 is 0. The van der Waals surface area contributed by atoms with Crippen molar-refractivity contribution in [1.82, 2.24) is 15.1 Å². The standard InChI is InChI=1S/C10H19N3O/c1-13-9-10(8-12-13)4-6-11-5-3-7-14-2/h8-9,11H,3-7H2,1-2H3. The Balaban J connectivity index is 1.99. The van der Waals surface area contributed by atoms with Crippen LogP contribution in [0.4, 0.5) is 0 Å². The summed E-state index contributed by atoms with van der Waals surface area (Å²) in [6.45, 7) is 2.86. The third-order valence-corrected chi connectivity index (χ3v) is 2.05. The Bertz CT molecular complexity index is 247. The van der Waals surface area contributed by atoms with Crippen LogP contribution in [0.1, 0.15) is 12.0 Å². The Morgan fingerprint density at radius 3 is 3.00 bits per heavy atom. The highest BCUT2D eigenvalue weighted by Gasteiger charge is 1.95. The number of methoxy groups -OCH3 is 1. The van der Waals surface area contributed by atoms with Gasteiger partial charge >= 0.3 is 0 Å². The topological polar surface area (TPSA) is 39.1 Å². The first-order valence-electron chi connectivity index (χ1n) is 5.00. The van der Waals surface area contributed by atoms with Gasteiger partial charge < -0.3 is 10.1 Å². The smallest absolute Gasteiger partial charge is 0.0522 e. The lowest BCUT2D eigenvalue weighted by Crippen LogP contribution is -2.19. The molecule has 0 unspecified atom stereocenters. The molecular weight excluding hydrogens is 178 g/mol. The molecule has 80 valence electrons. The SMILES string of the molecule is COCCCNCCc1cnn(C)c1. The summed E-state index contributed by atoms with van der Waals surface area (Å²) < 4.78 is 6.79. The largest absolute Gasteiger partial charge is 0.385 e. The first-order chi connectivity index (χ1) is 6.83. The molecule has 0 saturated heterocycles. The summed E-state index contributed by atoms with van der Waals surface area (Å²) in [4.78, 5) is 0. The predicted molar refractivity (Wildman–Crippen MR) is 56.3 cm³/mol. The number of nitrogens with zero attached hydrogens (tertiary/aromatic N) is 2. The second kappa shape index (κ2) is 6.56. The molecule has 0 amide bonds. The quantitative estimate of drug-likeness (QED) is 0.650. The van der Waals surface area contributed by atoms with Crippen molar-refractivity contribution in [2.24, 2.45) is 7.05 Å². The Morgan fingerprint density at radius 1 is 1.50 bits per heavy atom. The zero-order valence-corrected chi connectivity index (χ0v) is 8.99. The highest BCUT2D eigenvalue weighted by Crippen LogP contribution is 1.95. The molecule has 14 heavy (non-hydrogen) atoms. The first-order valence-corrected chi connectivity index (χ1v) is 5.00. The predicted octanol–water partition coefficient (Wildman–Crippen LogP) is 0.589. The molecule has 1 aromatic rings. The fraction of sp³-hybridized carbons (Fsp3) is 0.700. The average Bonchev–Trinajstić information content (AvgIpc) is 2.58. The van der Waals surface area contributed by atoms with E-state index < -0.39 is 0 Å². The Morgan fingerprint density at radius 2 is 2.36 bits per heavy atom. The van der Waals surface area contributed by atoms with Gasteiger partial charge in [0, 0.05) is 27.0 Å². The van der Waals surface area contributed by atoms with Gasteiger partial charge in [-0.1, -0.05) is 0 Å². The van der Waals surface area contributed by atoms with Crippen LogP contribution in [-0.4, -0.2) is 36.6 Å². The molecular formula is C10H19N3O. The summed E-state index contributed by atoms with van der Waals surface area (Å²) in [5.41, 5.74) is 1.28. The second-order valence-corrected chi connectivity index (χ2v) is 3.37. The molecule has 0 aliphatic carbocycles. The molecule has 4 nitrogen and oxygen atoms in total. The Labute approximate surface area is 85.3 Å². The fourth-order valence-electron chi connectivity index (χ4n) is 1.30. The van der Waals surface area contributed by atoms with Crippen LogP contribution in [0.3, 0.4) is 0 Å². The van der Waals surface area contributed by atoms with E-state index in [1.54, 1.807) is 7.11 Å². The van der Waals surface area contributed by atoms with Crippen LogP contribution in [-0.2, 0) is 18.2 Å². The number of rotatable bonds is 7. The summed E-state index contributed by atoms with van der Waals surface area (Å²) in [6.07, 6.45) is 6.08. The van der Waals surface area contributed by atoms with Gasteiger partial charge in [0.1, 0.15) is 0 Å². The number of aryl methyl sites for hydroxylation is 1. The Hall–Kier alpha value is -0.870. The van der Waals surface area contributed by atoms with E-state index in [1.807, 2.05) is 17.9 Å². The minimum Gasteiger partial charge on any atom is -0.385 e. The van der Waals surface area contributed by atoms with E-state index in [0.717, 1.165) is 32.5 Å². The van der Waals surface area contributed by atoms with Gasteiger partial charge in [-0.3, -0.25) is 4.68 Å². The molecule has 0 aliphatic heterocycles. The molecule has 0 bridgehead atoms. The number of ether oxygens (including phenoxy) is 1. The lowest BCUT2D eigenvalue weighted by atomic mass is 10.2. The number of hydrogen-bond acceptors (Lipinski definition) is 3. The zero-order chi connectivity index (χ0) is 10.2. The second-order valence-electron chi connectivity index (χ2n) is 3.37. The lowest BCUT2D eigenvalue weighted by Gasteiger charge is -2.02. The van der Waals surface area contributed by atoms with Gasteiger partial charge in [0.15, 0.2) is 0 Å². The summed E-state index contributed by atoms with van der Waals surface area (Å²) in [7, 11) is 3.67. The van der Waals surface area contributed by atoms with Gasteiger partial charge in [-0.05, 0) is 31.5 Å². The average molecular weight is 197 g/mol. The maximum absolute atomic E-state index is 4.96. The molecule has 1 heterocycles. The van der Waals surface area contributed by atoms with Crippen molar-refractivity contribution < 1.29 is 4.74 Å². The summed E-state index contributed by atoms with van der Waals surface area (Å²) in [5.74, 6) is 0. The maximum atomic E-state index is 4.96. The molecule has 0 atom stereocenters. The van der Waals surface area contributed by atoms with Crippen LogP contribution in [0.25, 0.3) is 0 Å². The first kappa shape index (κ1) is 11.2. The zero-order valence-electron chi connectivity index (χ0n) is 8.99.